The van der Waals surface area contributed by atoms with Gasteiger partial charge in [0.25, 0.3) is 5.56 Å². The maximum atomic E-state index is 13.1. The second kappa shape index (κ2) is 10.4. The molecule has 2 aromatic carbocycles. The molecule has 190 valence electrons. The third-order valence-electron chi connectivity index (χ3n) is 6.20. The second-order valence-corrected chi connectivity index (χ2v) is 8.70. The van der Waals surface area contributed by atoms with Crippen LogP contribution >= 0.6 is 0 Å². The van der Waals surface area contributed by atoms with Crippen molar-refractivity contribution in [3.63, 3.8) is 0 Å². The summed E-state index contributed by atoms with van der Waals surface area (Å²) in [6.45, 7) is 3.99. The van der Waals surface area contributed by atoms with Gasteiger partial charge in [0.05, 0.1) is 22.8 Å². The van der Waals surface area contributed by atoms with Crippen LogP contribution < -0.4 is 15.8 Å². The summed E-state index contributed by atoms with van der Waals surface area (Å²) >= 11 is 0. The zero-order valence-corrected chi connectivity index (χ0v) is 19.7. The Morgan fingerprint density at radius 1 is 1.03 bits per heavy atom. The van der Waals surface area contributed by atoms with Crippen molar-refractivity contribution in [3.05, 3.63) is 70.3 Å². The fourth-order valence-corrected chi connectivity index (χ4v) is 4.17. The fraction of sp³-hybridized carbons (Fsp3) is 0.360. The first-order valence-corrected chi connectivity index (χ1v) is 11.5. The van der Waals surface area contributed by atoms with Crippen molar-refractivity contribution in [1.82, 2.24) is 19.8 Å². The number of carbonyl (C=O) groups is 2. The van der Waals surface area contributed by atoms with Crippen LogP contribution in [0, 0.1) is 0 Å². The van der Waals surface area contributed by atoms with E-state index in [4.69, 9.17) is 0 Å². The average molecular weight is 502 g/mol. The van der Waals surface area contributed by atoms with E-state index in [0.717, 1.165) is 30.8 Å². The highest BCUT2D eigenvalue weighted by Crippen LogP contribution is 2.29. The molecule has 11 heteroatoms. The first-order valence-electron chi connectivity index (χ1n) is 11.5. The van der Waals surface area contributed by atoms with Gasteiger partial charge in [0.1, 0.15) is 6.54 Å². The maximum absolute atomic E-state index is 13.1. The molecule has 1 saturated heterocycles. The summed E-state index contributed by atoms with van der Waals surface area (Å²) in [6.07, 6.45) is -2.30. The molecule has 8 nitrogen and oxygen atoms in total. The number of benzene rings is 2. The highest BCUT2D eigenvalue weighted by Gasteiger charge is 2.29. The second-order valence-electron chi connectivity index (χ2n) is 8.70. The molecule has 1 aliphatic rings. The summed E-state index contributed by atoms with van der Waals surface area (Å²) in [5, 5.41) is 2.99. The molecule has 0 unspecified atom stereocenters. The number of halogens is 3. The number of fused-ring (bicyclic) bond motifs is 1. The number of hydrogen-bond acceptors (Lipinski definition) is 5. The van der Waals surface area contributed by atoms with Crippen LogP contribution in [0.3, 0.4) is 0 Å². The van der Waals surface area contributed by atoms with Crippen LogP contribution in [0.25, 0.3) is 10.9 Å². The number of rotatable bonds is 5. The third kappa shape index (κ3) is 5.84. The molecule has 1 N–H and O–H groups in total. The van der Waals surface area contributed by atoms with Gasteiger partial charge in [-0.25, -0.2) is 4.98 Å². The number of carbonyl (C=O) groups excluding carboxylic acids is 2. The van der Waals surface area contributed by atoms with Gasteiger partial charge in [-0.15, -0.1) is 0 Å². The predicted molar refractivity (Wildman–Crippen MR) is 128 cm³/mol. The van der Waals surface area contributed by atoms with Crippen molar-refractivity contribution in [2.75, 3.05) is 31.1 Å². The number of nitrogens with zero attached hydrogens (tertiary/aromatic N) is 4. The summed E-state index contributed by atoms with van der Waals surface area (Å²) in [5.41, 5.74) is 0.723. The van der Waals surface area contributed by atoms with Crippen molar-refractivity contribution < 1.29 is 22.8 Å². The van der Waals surface area contributed by atoms with E-state index in [1.807, 2.05) is 6.07 Å². The van der Waals surface area contributed by atoms with Gasteiger partial charge in [0, 0.05) is 45.3 Å². The number of hydrogen-bond donors (Lipinski definition) is 1. The minimum Gasteiger partial charge on any atom is -0.370 e. The van der Waals surface area contributed by atoms with Gasteiger partial charge in [0.15, 0.2) is 0 Å². The highest BCUT2D eigenvalue weighted by atomic mass is 19.4. The minimum absolute atomic E-state index is 0.0309. The van der Waals surface area contributed by atoms with Crippen molar-refractivity contribution in [2.24, 2.45) is 0 Å². The molecule has 0 spiro atoms. The largest absolute Gasteiger partial charge is 0.416 e. The molecule has 1 aliphatic heterocycles. The van der Waals surface area contributed by atoms with Crippen LogP contribution in [0.2, 0.25) is 0 Å². The van der Waals surface area contributed by atoms with Gasteiger partial charge < -0.3 is 15.1 Å². The quantitative estimate of drug-likeness (QED) is 0.581. The van der Waals surface area contributed by atoms with Gasteiger partial charge in [0.2, 0.25) is 11.8 Å². The molecule has 0 aliphatic carbocycles. The van der Waals surface area contributed by atoms with Gasteiger partial charge >= 0.3 is 6.18 Å². The Bertz CT molecular complexity index is 1320. The number of aromatic nitrogens is 2. The summed E-state index contributed by atoms with van der Waals surface area (Å²) < 4.78 is 39.3. The number of amides is 2. The predicted octanol–water partition coefficient (Wildman–Crippen LogP) is 2.79. The monoisotopic (exact) mass is 501 g/mol. The fourth-order valence-electron chi connectivity index (χ4n) is 4.17. The van der Waals surface area contributed by atoms with Crippen molar-refractivity contribution in [2.45, 2.75) is 32.6 Å². The smallest absolute Gasteiger partial charge is 0.370 e. The molecule has 0 saturated carbocycles. The third-order valence-corrected chi connectivity index (χ3v) is 6.20. The lowest BCUT2D eigenvalue weighted by Gasteiger charge is -2.23. The van der Waals surface area contributed by atoms with Crippen LogP contribution in [0.4, 0.5) is 18.9 Å². The molecule has 36 heavy (non-hydrogen) atoms. The van der Waals surface area contributed by atoms with Gasteiger partial charge in [-0.2, -0.15) is 13.2 Å². The van der Waals surface area contributed by atoms with Gasteiger partial charge in [-0.1, -0.05) is 12.1 Å². The molecule has 0 radical (unpaired) electrons. The normalized spacial score (nSPS) is 14.6. The zero-order chi connectivity index (χ0) is 25.9. The molecule has 2 amide bonds. The van der Waals surface area contributed by atoms with Crippen molar-refractivity contribution >= 4 is 28.4 Å². The molecule has 1 aromatic heterocycles. The molecule has 0 bridgehead atoms. The van der Waals surface area contributed by atoms with Gasteiger partial charge in [-0.05, 0) is 42.3 Å². The molecular weight excluding hydrogens is 475 g/mol. The van der Waals surface area contributed by atoms with E-state index >= 15 is 0 Å². The summed E-state index contributed by atoms with van der Waals surface area (Å²) in [4.78, 5) is 45.4. The molecular formula is C25H26F3N5O3. The van der Waals surface area contributed by atoms with E-state index in [9.17, 15) is 27.6 Å². The van der Waals surface area contributed by atoms with Gasteiger partial charge in [-0.3, -0.25) is 19.0 Å². The summed E-state index contributed by atoms with van der Waals surface area (Å²) in [7, 11) is 0. The first kappa shape index (κ1) is 25.2. The van der Waals surface area contributed by atoms with E-state index in [-0.39, 0.29) is 24.6 Å². The van der Waals surface area contributed by atoms with Crippen molar-refractivity contribution in [1.29, 1.82) is 0 Å². The number of anilines is 1. The van der Waals surface area contributed by atoms with Crippen LogP contribution in [-0.2, 0) is 28.9 Å². The molecule has 0 atom stereocenters. The average Bonchev–Trinajstić information content (AvgIpc) is 3.11. The Hall–Kier alpha value is -3.89. The Labute approximate surface area is 205 Å². The van der Waals surface area contributed by atoms with Crippen molar-refractivity contribution in [3.8, 4) is 0 Å². The highest BCUT2D eigenvalue weighted by molar-refractivity contribution is 5.82. The standard InChI is InChI=1S/C25H26F3N5O3/c1-17(34)31-9-2-10-32(12-11-31)20-7-8-22-21(13-20)24(36)33(16-30-22)15-23(35)29-14-18-3-5-19(6-4-18)25(26,27)28/h3-8,13,16H,2,9-12,14-15H2,1H3,(H,29,35). The van der Waals surface area contributed by atoms with Crippen LogP contribution in [0.1, 0.15) is 24.5 Å². The Kier molecular flexibility index (Phi) is 7.27. The van der Waals surface area contributed by atoms with Crippen LogP contribution in [-0.4, -0.2) is 52.4 Å². The Morgan fingerprint density at radius 2 is 1.78 bits per heavy atom. The van der Waals surface area contributed by atoms with Crippen LogP contribution in [0.5, 0.6) is 0 Å². The lowest BCUT2D eigenvalue weighted by molar-refractivity contribution is -0.137. The molecule has 4 rings (SSSR count). The lowest BCUT2D eigenvalue weighted by Crippen LogP contribution is -2.34. The van der Waals surface area contributed by atoms with E-state index in [0.29, 0.717) is 36.1 Å². The van der Waals surface area contributed by atoms with E-state index in [1.54, 1.807) is 24.0 Å². The van der Waals surface area contributed by atoms with E-state index < -0.39 is 17.6 Å². The first-order chi connectivity index (χ1) is 17.1. The molecule has 3 aromatic rings. The number of alkyl halides is 3. The summed E-state index contributed by atoms with van der Waals surface area (Å²) in [6, 6.07) is 9.91. The van der Waals surface area contributed by atoms with E-state index in [2.05, 4.69) is 15.2 Å². The Balaban J connectivity index is 1.44. The lowest BCUT2D eigenvalue weighted by atomic mass is 10.1. The molecule has 1 fully saturated rings. The Morgan fingerprint density at radius 3 is 2.47 bits per heavy atom. The zero-order valence-electron chi connectivity index (χ0n) is 19.7. The molecule has 2 heterocycles. The minimum atomic E-state index is -4.42. The topological polar surface area (TPSA) is 87.5 Å². The maximum Gasteiger partial charge on any atom is 0.416 e. The van der Waals surface area contributed by atoms with Crippen LogP contribution in [0.15, 0.2) is 53.6 Å². The van der Waals surface area contributed by atoms with E-state index in [1.165, 1.54) is 23.0 Å². The number of nitrogens with one attached hydrogen (secondary N) is 1. The SMILES string of the molecule is CC(=O)N1CCCN(c2ccc3ncn(CC(=O)NCc4ccc(C(F)(F)F)cc4)c(=O)c3c2)CC1. The summed E-state index contributed by atoms with van der Waals surface area (Å²) in [5.74, 6) is -0.426.